The highest BCUT2D eigenvalue weighted by Gasteiger charge is 2.43. The first-order valence-corrected chi connectivity index (χ1v) is 6.62. The van der Waals surface area contributed by atoms with E-state index in [1.807, 2.05) is 0 Å². The molecule has 0 spiro atoms. The highest BCUT2D eigenvalue weighted by Crippen LogP contribution is 2.38. The van der Waals surface area contributed by atoms with Crippen molar-refractivity contribution in [3.8, 4) is 0 Å². The van der Waals surface area contributed by atoms with Crippen molar-refractivity contribution in [1.82, 2.24) is 9.80 Å². The second-order valence-electron chi connectivity index (χ2n) is 6.44. The quantitative estimate of drug-likeness (QED) is 0.726. The molecule has 0 aromatic carbocycles. The summed E-state index contributed by atoms with van der Waals surface area (Å²) in [6, 6.07) is 1.64. The van der Waals surface area contributed by atoms with E-state index >= 15 is 0 Å². The van der Waals surface area contributed by atoms with Gasteiger partial charge in [-0.25, -0.2) is 0 Å². The van der Waals surface area contributed by atoms with Crippen LogP contribution in [-0.4, -0.2) is 54.6 Å². The molecule has 0 bridgehead atoms. The van der Waals surface area contributed by atoms with Crippen LogP contribution in [0.4, 0.5) is 0 Å². The van der Waals surface area contributed by atoms with Gasteiger partial charge in [0.1, 0.15) is 0 Å². The summed E-state index contributed by atoms with van der Waals surface area (Å²) in [5.41, 5.74) is 6.74. The van der Waals surface area contributed by atoms with Gasteiger partial charge in [-0.15, -0.1) is 0 Å². The van der Waals surface area contributed by atoms with Gasteiger partial charge in [-0.05, 0) is 32.2 Å². The van der Waals surface area contributed by atoms with E-state index in [0.717, 1.165) is 0 Å². The normalized spacial score (nSPS) is 41.4. The summed E-state index contributed by atoms with van der Waals surface area (Å²) in [5.74, 6) is 0. The van der Waals surface area contributed by atoms with Gasteiger partial charge in [0.05, 0.1) is 0 Å². The van der Waals surface area contributed by atoms with Crippen molar-refractivity contribution in [2.24, 2.45) is 11.1 Å². The van der Waals surface area contributed by atoms with Crippen molar-refractivity contribution >= 4 is 0 Å². The fraction of sp³-hybridized carbons (Fsp3) is 1.00. The van der Waals surface area contributed by atoms with E-state index in [2.05, 4.69) is 37.6 Å². The number of piperazine rings is 1. The molecule has 3 heteroatoms. The summed E-state index contributed by atoms with van der Waals surface area (Å²) < 4.78 is 0. The molecule has 0 amide bonds. The average molecular weight is 225 g/mol. The zero-order valence-electron chi connectivity index (χ0n) is 11.2. The van der Waals surface area contributed by atoms with Crippen LogP contribution in [-0.2, 0) is 0 Å². The predicted octanol–water partition coefficient (Wildman–Crippen LogP) is 1.14. The Morgan fingerprint density at radius 3 is 2.44 bits per heavy atom. The number of likely N-dealkylation sites (N-methyl/N-ethyl adjacent to an activating group) is 1. The Morgan fingerprint density at radius 1 is 1.25 bits per heavy atom. The van der Waals surface area contributed by atoms with Gasteiger partial charge in [0.15, 0.2) is 0 Å². The number of rotatable bonds is 1. The van der Waals surface area contributed by atoms with Crippen molar-refractivity contribution < 1.29 is 0 Å². The Morgan fingerprint density at radius 2 is 1.94 bits per heavy atom. The van der Waals surface area contributed by atoms with Gasteiger partial charge in [0.2, 0.25) is 0 Å². The molecular formula is C13H27N3. The van der Waals surface area contributed by atoms with Gasteiger partial charge in [-0.2, -0.15) is 0 Å². The van der Waals surface area contributed by atoms with Gasteiger partial charge in [0, 0.05) is 37.8 Å². The van der Waals surface area contributed by atoms with Crippen molar-refractivity contribution in [3.63, 3.8) is 0 Å². The number of nitrogens with zero attached hydrogens (tertiary/aromatic N) is 2. The third-order valence-electron chi connectivity index (χ3n) is 4.86. The molecule has 1 saturated heterocycles. The molecule has 94 valence electrons. The van der Waals surface area contributed by atoms with E-state index in [4.69, 9.17) is 5.73 Å². The highest BCUT2D eigenvalue weighted by atomic mass is 15.3. The molecule has 2 aliphatic rings. The Labute approximate surface area is 100.0 Å². The topological polar surface area (TPSA) is 32.5 Å². The number of hydrogen-bond donors (Lipinski definition) is 1. The molecule has 1 saturated carbocycles. The van der Waals surface area contributed by atoms with Gasteiger partial charge >= 0.3 is 0 Å². The standard InChI is InChI=1S/C13H27N3/c1-10-9-16(8-7-15(10)4)11-5-6-13(2,3)12(11)14/h10-12H,5-9,14H2,1-4H3. The molecule has 1 aliphatic heterocycles. The molecule has 0 radical (unpaired) electrons. The average Bonchev–Trinajstić information content (AvgIpc) is 2.48. The molecular weight excluding hydrogens is 198 g/mol. The lowest BCUT2D eigenvalue weighted by Gasteiger charge is -2.43. The Kier molecular flexibility index (Phi) is 3.30. The minimum atomic E-state index is 0.331. The van der Waals surface area contributed by atoms with Crippen molar-refractivity contribution in [2.45, 2.75) is 51.7 Å². The molecule has 0 aromatic rings. The molecule has 16 heavy (non-hydrogen) atoms. The minimum absolute atomic E-state index is 0.331. The van der Waals surface area contributed by atoms with Crippen LogP contribution >= 0.6 is 0 Å². The maximum atomic E-state index is 6.41. The molecule has 2 rings (SSSR count). The molecule has 2 N–H and O–H groups in total. The highest BCUT2D eigenvalue weighted by molar-refractivity contribution is 5.00. The summed E-state index contributed by atoms with van der Waals surface area (Å²) in [5, 5.41) is 0. The van der Waals surface area contributed by atoms with Crippen LogP contribution in [0.2, 0.25) is 0 Å². The third-order valence-corrected chi connectivity index (χ3v) is 4.86. The smallest absolute Gasteiger partial charge is 0.0253 e. The molecule has 0 aromatic heterocycles. The number of hydrogen-bond acceptors (Lipinski definition) is 3. The van der Waals surface area contributed by atoms with Crippen LogP contribution in [0.25, 0.3) is 0 Å². The Bertz CT molecular complexity index is 252. The maximum absolute atomic E-state index is 6.41. The molecule has 3 nitrogen and oxygen atoms in total. The first-order valence-electron chi connectivity index (χ1n) is 6.62. The second kappa shape index (κ2) is 4.28. The van der Waals surface area contributed by atoms with Gasteiger partial charge < -0.3 is 10.6 Å². The lowest BCUT2D eigenvalue weighted by molar-refractivity contribution is 0.0627. The first kappa shape index (κ1) is 12.3. The van der Waals surface area contributed by atoms with Gasteiger partial charge in [-0.3, -0.25) is 4.90 Å². The molecule has 1 aliphatic carbocycles. The summed E-state index contributed by atoms with van der Waals surface area (Å²) >= 11 is 0. The van der Waals surface area contributed by atoms with E-state index in [1.54, 1.807) is 0 Å². The first-order chi connectivity index (χ1) is 7.42. The van der Waals surface area contributed by atoms with Crippen LogP contribution in [0.1, 0.15) is 33.6 Å². The summed E-state index contributed by atoms with van der Waals surface area (Å²) in [4.78, 5) is 5.08. The van der Waals surface area contributed by atoms with Crippen LogP contribution < -0.4 is 5.73 Å². The van der Waals surface area contributed by atoms with Crippen LogP contribution in [0, 0.1) is 5.41 Å². The van der Waals surface area contributed by atoms with Crippen LogP contribution in [0.15, 0.2) is 0 Å². The molecule has 3 unspecified atom stereocenters. The van der Waals surface area contributed by atoms with E-state index in [0.29, 0.717) is 23.5 Å². The fourth-order valence-electron chi connectivity index (χ4n) is 3.17. The maximum Gasteiger partial charge on any atom is 0.0253 e. The zero-order chi connectivity index (χ0) is 11.9. The SMILES string of the molecule is CC1CN(C2CCC(C)(C)C2N)CCN1C. The lowest BCUT2D eigenvalue weighted by atomic mass is 9.87. The molecule has 1 heterocycles. The minimum Gasteiger partial charge on any atom is -0.326 e. The van der Waals surface area contributed by atoms with E-state index in [1.165, 1.54) is 32.5 Å². The zero-order valence-corrected chi connectivity index (χ0v) is 11.2. The molecule has 3 atom stereocenters. The lowest BCUT2D eigenvalue weighted by Crippen LogP contribution is -2.57. The van der Waals surface area contributed by atoms with Crippen LogP contribution in [0.5, 0.6) is 0 Å². The number of nitrogens with two attached hydrogens (primary N) is 1. The second-order valence-corrected chi connectivity index (χ2v) is 6.44. The third kappa shape index (κ3) is 2.13. The fourth-order valence-corrected chi connectivity index (χ4v) is 3.17. The summed E-state index contributed by atoms with van der Waals surface area (Å²) in [6.45, 7) is 10.5. The van der Waals surface area contributed by atoms with E-state index in [9.17, 15) is 0 Å². The van der Waals surface area contributed by atoms with E-state index < -0.39 is 0 Å². The van der Waals surface area contributed by atoms with Crippen molar-refractivity contribution in [1.29, 1.82) is 0 Å². The van der Waals surface area contributed by atoms with Crippen molar-refractivity contribution in [2.75, 3.05) is 26.7 Å². The predicted molar refractivity (Wildman–Crippen MR) is 68.4 cm³/mol. The summed E-state index contributed by atoms with van der Waals surface area (Å²) in [6.07, 6.45) is 2.56. The van der Waals surface area contributed by atoms with Gasteiger partial charge in [0.25, 0.3) is 0 Å². The Hall–Kier alpha value is -0.120. The van der Waals surface area contributed by atoms with E-state index in [-0.39, 0.29) is 0 Å². The van der Waals surface area contributed by atoms with Crippen molar-refractivity contribution in [3.05, 3.63) is 0 Å². The van der Waals surface area contributed by atoms with Gasteiger partial charge in [-0.1, -0.05) is 13.8 Å². The van der Waals surface area contributed by atoms with Crippen LogP contribution in [0.3, 0.4) is 0 Å². The monoisotopic (exact) mass is 225 g/mol. The Balaban J connectivity index is 1.99. The summed E-state index contributed by atoms with van der Waals surface area (Å²) in [7, 11) is 2.22. The largest absolute Gasteiger partial charge is 0.326 e. The molecule has 2 fully saturated rings.